The minimum absolute atomic E-state index is 0.0677. The molecule has 3 heteroatoms. The molecule has 1 aliphatic heterocycles. The van der Waals surface area contributed by atoms with Crippen LogP contribution in [0.2, 0.25) is 0 Å². The van der Waals surface area contributed by atoms with Crippen molar-refractivity contribution in [1.29, 1.82) is 0 Å². The Hall–Kier alpha value is -0.120. The van der Waals surface area contributed by atoms with E-state index in [1.165, 1.54) is 12.8 Å². The van der Waals surface area contributed by atoms with E-state index in [2.05, 4.69) is 13.8 Å². The first-order valence-corrected chi connectivity index (χ1v) is 7.05. The summed E-state index contributed by atoms with van der Waals surface area (Å²) >= 11 is 0. The molecule has 0 atom stereocenters. The highest BCUT2D eigenvalue weighted by Gasteiger charge is 2.34. The molecule has 0 aromatic rings. The van der Waals surface area contributed by atoms with Crippen LogP contribution in [0.4, 0.5) is 0 Å². The second-order valence-electron chi connectivity index (χ2n) is 6.02. The molecule has 1 saturated carbocycles. The number of aliphatic hydroxyl groups is 1. The predicted octanol–water partition coefficient (Wildman–Crippen LogP) is 2.72. The first-order chi connectivity index (χ1) is 8.09. The second-order valence-corrected chi connectivity index (χ2v) is 6.02. The van der Waals surface area contributed by atoms with Gasteiger partial charge in [-0.05, 0) is 43.9 Å². The summed E-state index contributed by atoms with van der Waals surface area (Å²) in [6.07, 6.45) is 5.82. The zero-order valence-electron chi connectivity index (χ0n) is 11.2. The van der Waals surface area contributed by atoms with E-state index in [9.17, 15) is 5.11 Å². The molecule has 1 N–H and O–H groups in total. The third-order valence-corrected chi connectivity index (χ3v) is 4.44. The van der Waals surface area contributed by atoms with E-state index in [1.54, 1.807) is 0 Å². The quantitative estimate of drug-likeness (QED) is 0.824. The molecular weight excluding hydrogens is 216 g/mol. The van der Waals surface area contributed by atoms with Crippen LogP contribution in [0, 0.1) is 11.8 Å². The highest BCUT2D eigenvalue weighted by atomic mass is 16.7. The Morgan fingerprint density at radius 2 is 1.76 bits per heavy atom. The van der Waals surface area contributed by atoms with Gasteiger partial charge in [0.1, 0.15) is 0 Å². The highest BCUT2D eigenvalue weighted by Crippen LogP contribution is 2.38. The number of hydrogen-bond acceptors (Lipinski definition) is 3. The number of hydrogen-bond donors (Lipinski definition) is 1. The van der Waals surface area contributed by atoms with Crippen LogP contribution >= 0.6 is 0 Å². The van der Waals surface area contributed by atoms with Crippen molar-refractivity contribution < 1.29 is 14.6 Å². The van der Waals surface area contributed by atoms with Gasteiger partial charge in [0.25, 0.3) is 0 Å². The van der Waals surface area contributed by atoms with Gasteiger partial charge in [0, 0.05) is 6.42 Å². The van der Waals surface area contributed by atoms with Crippen molar-refractivity contribution in [1.82, 2.24) is 0 Å². The van der Waals surface area contributed by atoms with Crippen molar-refractivity contribution in [2.24, 2.45) is 11.8 Å². The molecule has 0 aromatic carbocycles. The van der Waals surface area contributed by atoms with Gasteiger partial charge in [-0.1, -0.05) is 13.8 Å². The number of rotatable bonds is 4. The van der Waals surface area contributed by atoms with Gasteiger partial charge in [0.05, 0.1) is 18.8 Å². The van der Waals surface area contributed by atoms with E-state index in [4.69, 9.17) is 9.47 Å². The second kappa shape index (κ2) is 5.68. The summed E-state index contributed by atoms with van der Waals surface area (Å²) in [4.78, 5) is 0. The van der Waals surface area contributed by atoms with Crippen LogP contribution in [0.5, 0.6) is 0 Å². The Balaban J connectivity index is 1.72. The Morgan fingerprint density at radius 1 is 1.18 bits per heavy atom. The lowest BCUT2D eigenvalue weighted by Gasteiger charge is -2.38. The normalized spacial score (nSPS) is 35.6. The van der Waals surface area contributed by atoms with Crippen LogP contribution in [0.1, 0.15) is 52.4 Å². The molecule has 100 valence electrons. The maximum absolute atomic E-state index is 10.5. The Bertz CT molecular complexity index is 226. The van der Waals surface area contributed by atoms with Gasteiger partial charge in [-0.25, -0.2) is 0 Å². The molecule has 0 unspecified atom stereocenters. The van der Waals surface area contributed by atoms with Crippen LogP contribution in [0.25, 0.3) is 0 Å². The van der Waals surface area contributed by atoms with Gasteiger partial charge in [-0.2, -0.15) is 0 Å². The molecule has 3 nitrogen and oxygen atoms in total. The Labute approximate surface area is 104 Å². The van der Waals surface area contributed by atoms with E-state index in [0.717, 1.165) is 37.5 Å². The third kappa shape index (κ3) is 3.67. The Kier molecular flexibility index (Phi) is 4.45. The van der Waals surface area contributed by atoms with Gasteiger partial charge >= 0.3 is 0 Å². The van der Waals surface area contributed by atoms with Crippen molar-refractivity contribution >= 4 is 0 Å². The molecule has 0 aromatic heterocycles. The first-order valence-electron chi connectivity index (χ1n) is 7.05. The first kappa shape index (κ1) is 13.3. The molecule has 0 spiro atoms. The molecule has 17 heavy (non-hydrogen) atoms. The van der Waals surface area contributed by atoms with Crippen LogP contribution in [0.15, 0.2) is 0 Å². The molecule has 2 rings (SSSR count). The van der Waals surface area contributed by atoms with Gasteiger partial charge in [0.15, 0.2) is 6.29 Å². The molecular formula is C14H26O3. The lowest BCUT2D eigenvalue weighted by Crippen LogP contribution is -2.36. The lowest BCUT2D eigenvalue weighted by atomic mass is 9.73. The fourth-order valence-electron chi connectivity index (χ4n) is 3.05. The van der Waals surface area contributed by atoms with Crippen LogP contribution in [-0.4, -0.2) is 30.2 Å². The largest absolute Gasteiger partial charge is 0.390 e. The van der Waals surface area contributed by atoms with E-state index in [0.29, 0.717) is 13.2 Å². The smallest absolute Gasteiger partial charge is 0.157 e. The molecule has 0 radical (unpaired) electrons. The van der Waals surface area contributed by atoms with Crippen LogP contribution in [0.3, 0.4) is 0 Å². The summed E-state index contributed by atoms with van der Waals surface area (Å²) in [5, 5.41) is 10.5. The Morgan fingerprint density at radius 3 is 2.29 bits per heavy atom. The average molecular weight is 242 g/mol. The third-order valence-electron chi connectivity index (χ3n) is 4.44. The van der Waals surface area contributed by atoms with Crippen molar-refractivity contribution in [3.63, 3.8) is 0 Å². The van der Waals surface area contributed by atoms with E-state index in [1.807, 2.05) is 0 Å². The van der Waals surface area contributed by atoms with Gasteiger partial charge in [-0.3, -0.25) is 0 Å². The zero-order chi connectivity index (χ0) is 12.3. The van der Waals surface area contributed by atoms with E-state index in [-0.39, 0.29) is 6.29 Å². The molecule has 1 saturated heterocycles. The molecule has 1 heterocycles. The summed E-state index contributed by atoms with van der Waals surface area (Å²) in [6, 6.07) is 0. The summed E-state index contributed by atoms with van der Waals surface area (Å²) < 4.78 is 10.8. The van der Waals surface area contributed by atoms with Gasteiger partial charge < -0.3 is 14.6 Å². The molecule has 2 fully saturated rings. The molecule has 0 amide bonds. The van der Waals surface area contributed by atoms with E-state index < -0.39 is 5.60 Å². The fraction of sp³-hybridized carbons (Fsp3) is 1.00. The molecule has 2 aliphatic rings. The minimum Gasteiger partial charge on any atom is -0.390 e. The molecule has 1 aliphatic carbocycles. The average Bonchev–Trinajstić information content (AvgIpc) is 2.80. The lowest BCUT2D eigenvalue weighted by molar-refractivity contribution is -0.0790. The summed E-state index contributed by atoms with van der Waals surface area (Å²) in [5.41, 5.74) is -0.458. The summed E-state index contributed by atoms with van der Waals surface area (Å²) in [7, 11) is 0. The maximum Gasteiger partial charge on any atom is 0.157 e. The van der Waals surface area contributed by atoms with Crippen molar-refractivity contribution in [3.8, 4) is 0 Å². The predicted molar refractivity (Wildman–Crippen MR) is 66.7 cm³/mol. The summed E-state index contributed by atoms with van der Waals surface area (Å²) in [6.45, 7) is 5.99. The van der Waals surface area contributed by atoms with Crippen molar-refractivity contribution in [3.05, 3.63) is 0 Å². The number of ether oxygens (including phenoxy) is 2. The van der Waals surface area contributed by atoms with Gasteiger partial charge in [0.2, 0.25) is 0 Å². The zero-order valence-corrected chi connectivity index (χ0v) is 11.2. The standard InChI is InChI=1S/C14H26O3/c1-11(2)12-3-6-14(15,7-4-12)8-5-13-16-9-10-17-13/h11-13,15H,3-10H2,1-2H3. The highest BCUT2D eigenvalue weighted by molar-refractivity contribution is 4.86. The van der Waals surface area contributed by atoms with E-state index >= 15 is 0 Å². The van der Waals surface area contributed by atoms with Crippen molar-refractivity contribution in [2.45, 2.75) is 64.3 Å². The van der Waals surface area contributed by atoms with Gasteiger partial charge in [-0.15, -0.1) is 0 Å². The SMILES string of the molecule is CC(C)C1CCC(O)(CCC2OCCO2)CC1. The van der Waals surface area contributed by atoms with Crippen molar-refractivity contribution in [2.75, 3.05) is 13.2 Å². The molecule has 0 bridgehead atoms. The fourth-order valence-corrected chi connectivity index (χ4v) is 3.05. The monoisotopic (exact) mass is 242 g/mol. The summed E-state index contributed by atoms with van der Waals surface area (Å²) in [5.74, 6) is 1.55. The van der Waals surface area contributed by atoms with Crippen LogP contribution < -0.4 is 0 Å². The topological polar surface area (TPSA) is 38.7 Å². The minimum atomic E-state index is -0.458. The maximum atomic E-state index is 10.5. The van der Waals surface area contributed by atoms with Crippen LogP contribution in [-0.2, 0) is 9.47 Å².